The quantitative estimate of drug-likeness (QED) is 0.730. The molecule has 0 radical (unpaired) electrons. The lowest BCUT2D eigenvalue weighted by Crippen LogP contribution is -2.28. The number of hydrogen-bond donors (Lipinski definition) is 2. The topological polar surface area (TPSA) is 84.5 Å². The minimum absolute atomic E-state index is 0.126. The highest BCUT2D eigenvalue weighted by atomic mass is 32.2. The van der Waals surface area contributed by atoms with Gasteiger partial charge in [-0.2, -0.15) is 0 Å². The van der Waals surface area contributed by atoms with E-state index >= 15 is 0 Å². The van der Waals surface area contributed by atoms with Gasteiger partial charge in [-0.25, -0.2) is 13.1 Å². The van der Waals surface area contributed by atoms with Crippen LogP contribution in [0.3, 0.4) is 0 Å². The van der Waals surface area contributed by atoms with Gasteiger partial charge in [0.25, 0.3) is 0 Å². The van der Waals surface area contributed by atoms with Gasteiger partial charge in [0.2, 0.25) is 15.9 Å². The maximum atomic E-state index is 12.0. The van der Waals surface area contributed by atoms with Gasteiger partial charge in [0.15, 0.2) is 0 Å². The lowest BCUT2D eigenvalue weighted by Gasteiger charge is -2.09. The number of rotatable bonds is 7. The van der Waals surface area contributed by atoms with Crippen LogP contribution in [0.1, 0.15) is 18.9 Å². The Labute approximate surface area is 119 Å². The molecular formula is C13H20N2O4S. The fourth-order valence-electron chi connectivity index (χ4n) is 1.66. The molecule has 0 unspecified atom stereocenters. The zero-order chi connectivity index (χ0) is 15.2. The normalized spacial score (nSPS) is 11.2. The fourth-order valence-corrected chi connectivity index (χ4v) is 2.82. The summed E-state index contributed by atoms with van der Waals surface area (Å²) in [5.74, 6) is 0.522. The largest absolute Gasteiger partial charge is 0.496 e. The van der Waals surface area contributed by atoms with E-state index in [0.717, 1.165) is 5.56 Å². The van der Waals surface area contributed by atoms with Crippen LogP contribution in [0, 0.1) is 6.92 Å². The molecule has 0 spiro atoms. The Balaban J connectivity index is 2.60. The average molecular weight is 300 g/mol. The number of aryl methyl sites for hydroxylation is 1. The molecule has 0 heterocycles. The zero-order valence-corrected chi connectivity index (χ0v) is 12.7. The number of ether oxygens (including phenoxy) is 1. The number of methoxy groups -OCH3 is 1. The van der Waals surface area contributed by atoms with Crippen LogP contribution < -0.4 is 14.8 Å². The van der Waals surface area contributed by atoms with Gasteiger partial charge in [0.1, 0.15) is 5.75 Å². The van der Waals surface area contributed by atoms with Crippen LogP contribution in [0.4, 0.5) is 0 Å². The molecule has 0 aliphatic rings. The van der Waals surface area contributed by atoms with Crippen molar-refractivity contribution in [2.45, 2.75) is 25.2 Å². The summed E-state index contributed by atoms with van der Waals surface area (Å²) in [5.41, 5.74) is 0.758. The predicted octanol–water partition coefficient (Wildman–Crippen LogP) is 0.808. The third-order valence-corrected chi connectivity index (χ3v) is 4.15. The van der Waals surface area contributed by atoms with Crippen molar-refractivity contribution < 1.29 is 17.9 Å². The Morgan fingerprint density at radius 2 is 2.00 bits per heavy atom. The van der Waals surface area contributed by atoms with Gasteiger partial charge in [-0.1, -0.05) is 0 Å². The van der Waals surface area contributed by atoms with Crippen LogP contribution in [0.2, 0.25) is 0 Å². The number of sulfonamides is 1. The van der Waals surface area contributed by atoms with E-state index in [2.05, 4.69) is 10.0 Å². The molecule has 7 heteroatoms. The molecule has 0 bridgehead atoms. The van der Waals surface area contributed by atoms with Crippen molar-refractivity contribution in [2.24, 2.45) is 0 Å². The molecule has 20 heavy (non-hydrogen) atoms. The van der Waals surface area contributed by atoms with Gasteiger partial charge in [-0.3, -0.25) is 4.79 Å². The van der Waals surface area contributed by atoms with E-state index in [1.165, 1.54) is 20.1 Å². The molecule has 1 amide bonds. The van der Waals surface area contributed by atoms with Crippen LogP contribution in [-0.2, 0) is 14.8 Å². The standard InChI is InChI=1S/C13H20N2O4S/c1-10-9-12(5-6-13(10)19-3)20(17,18)15-8-4-7-14-11(2)16/h5-6,9,15H,4,7-8H2,1-3H3,(H,14,16). The maximum absolute atomic E-state index is 12.0. The zero-order valence-electron chi connectivity index (χ0n) is 11.9. The van der Waals surface area contributed by atoms with E-state index < -0.39 is 10.0 Å². The molecule has 0 fully saturated rings. The van der Waals surface area contributed by atoms with E-state index in [1.807, 2.05) is 0 Å². The first-order chi connectivity index (χ1) is 9.36. The summed E-state index contributed by atoms with van der Waals surface area (Å²) < 4.78 is 31.7. The number of carbonyl (C=O) groups is 1. The van der Waals surface area contributed by atoms with Gasteiger partial charge in [-0.15, -0.1) is 0 Å². The van der Waals surface area contributed by atoms with E-state index in [0.29, 0.717) is 18.7 Å². The highest BCUT2D eigenvalue weighted by Crippen LogP contribution is 2.21. The molecule has 6 nitrogen and oxygen atoms in total. The maximum Gasteiger partial charge on any atom is 0.240 e. The number of hydrogen-bond acceptors (Lipinski definition) is 4. The first-order valence-corrected chi connectivity index (χ1v) is 7.74. The number of nitrogens with one attached hydrogen (secondary N) is 2. The lowest BCUT2D eigenvalue weighted by atomic mass is 10.2. The smallest absolute Gasteiger partial charge is 0.240 e. The highest BCUT2D eigenvalue weighted by molar-refractivity contribution is 7.89. The number of benzene rings is 1. The van der Waals surface area contributed by atoms with Gasteiger partial charge in [-0.05, 0) is 37.1 Å². The van der Waals surface area contributed by atoms with E-state index in [4.69, 9.17) is 4.74 Å². The summed E-state index contributed by atoms with van der Waals surface area (Å²) in [7, 11) is -1.99. The van der Waals surface area contributed by atoms with Crippen molar-refractivity contribution in [2.75, 3.05) is 20.2 Å². The summed E-state index contributed by atoms with van der Waals surface area (Å²) in [4.78, 5) is 10.9. The van der Waals surface area contributed by atoms with Crippen molar-refractivity contribution in [3.05, 3.63) is 23.8 Å². The average Bonchev–Trinajstić information content (AvgIpc) is 2.37. The second kappa shape index (κ2) is 7.25. The molecule has 0 aliphatic carbocycles. The Morgan fingerprint density at radius 1 is 1.30 bits per heavy atom. The van der Waals surface area contributed by atoms with Crippen LogP contribution in [-0.4, -0.2) is 34.5 Å². The fraction of sp³-hybridized carbons (Fsp3) is 0.462. The van der Waals surface area contributed by atoms with Gasteiger partial charge >= 0.3 is 0 Å². The molecule has 1 rings (SSSR count). The molecule has 0 saturated carbocycles. The van der Waals surface area contributed by atoms with Crippen LogP contribution in [0.25, 0.3) is 0 Å². The first kappa shape index (κ1) is 16.5. The number of amides is 1. The van der Waals surface area contributed by atoms with E-state index in [-0.39, 0.29) is 17.3 Å². The molecule has 0 saturated heterocycles. The first-order valence-electron chi connectivity index (χ1n) is 6.25. The van der Waals surface area contributed by atoms with E-state index in [1.54, 1.807) is 19.1 Å². The third kappa shape index (κ3) is 4.82. The molecular weight excluding hydrogens is 280 g/mol. The van der Waals surface area contributed by atoms with E-state index in [9.17, 15) is 13.2 Å². The minimum Gasteiger partial charge on any atom is -0.496 e. The molecule has 0 aromatic heterocycles. The highest BCUT2D eigenvalue weighted by Gasteiger charge is 2.14. The summed E-state index contributed by atoms with van der Waals surface area (Å²) >= 11 is 0. The summed E-state index contributed by atoms with van der Waals surface area (Å²) in [6.45, 7) is 3.92. The van der Waals surface area contributed by atoms with Crippen LogP contribution in [0.15, 0.2) is 23.1 Å². The molecule has 0 aliphatic heterocycles. The summed E-state index contributed by atoms with van der Waals surface area (Å²) in [6.07, 6.45) is 0.536. The van der Waals surface area contributed by atoms with Gasteiger partial charge < -0.3 is 10.1 Å². The van der Waals surface area contributed by atoms with Crippen molar-refractivity contribution in [1.82, 2.24) is 10.0 Å². The minimum atomic E-state index is -3.53. The Bertz CT molecular complexity index is 570. The lowest BCUT2D eigenvalue weighted by molar-refractivity contribution is -0.118. The van der Waals surface area contributed by atoms with Crippen LogP contribution >= 0.6 is 0 Å². The molecule has 2 N–H and O–H groups in total. The van der Waals surface area contributed by atoms with Crippen molar-refractivity contribution in [3.63, 3.8) is 0 Å². The second-order valence-electron chi connectivity index (χ2n) is 4.37. The summed E-state index contributed by atoms with van der Waals surface area (Å²) in [6, 6.07) is 4.69. The SMILES string of the molecule is COc1ccc(S(=O)(=O)NCCCNC(C)=O)cc1C. The number of carbonyl (C=O) groups excluding carboxylic acids is 1. The third-order valence-electron chi connectivity index (χ3n) is 2.70. The van der Waals surface area contributed by atoms with Crippen molar-refractivity contribution in [1.29, 1.82) is 0 Å². The molecule has 0 atom stereocenters. The van der Waals surface area contributed by atoms with Gasteiger partial charge in [0.05, 0.1) is 12.0 Å². The van der Waals surface area contributed by atoms with Crippen LogP contribution in [0.5, 0.6) is 5.75 Å². The van der Waals surface area contributed by atoms with Gasteiger partial charge in [0, 0.05) is 20.0 Å². The monoisotopic (exact) mass is 300 g/mol. The molecule has 1 aromatic carbocycles. The van der Waals surface area contributed by atoms with Crippen molar-refractivity contribution >= 4 is 15.9 Å². The summed E-state index contributed by atoms with van der Waals surface area (Å²) in [5, 5.41) is 2.61. The molecule has 112 valence electrons. The Hall–Kier alpha value is -1.60. The Kier molecular flexibility index (Phi) is 5.97. The molecule has 1 aromatic rings. The predicted molar refractivity (Wildman–Crippen MR) is 76.2 cm³/mol. The second-order valence-corrected chi connectivity index (χ2v) is 6.13. The Morgan fingerprint density at radius 3 is 2.55 bits per heavy atom. The van der Waals surface area contributed by atoms with Crippen molar-refractivity contribution in [3.8, 4) is 5.75 Å².